The first-order valence-electron chi connectivity index (χ1n) is 11.0. The van der Waals surface area contributed by atoms with Crippen LogP contribution in [0.2, 0.25) is 5.02 Å². The average molecular weight is 414 g/mol. The van der Waals surface area contributed by atoms with Crippen LogP contribution in [-0.2, 0) is 0 Å². The maximum atomic E-state index is 9.19. The summed E-state index contributed by atoms with van der Waals surface area (Å²) in [6.07, 6.45) is 9.67. The van der Waals surface area contributed by atoms with Crippen LogP contribution in [0, 0.1) is 11.8 Å². The van der Waals surface area contributed by atoms with Gasteiger partial charge in [-0.05, 0) is 80.8 Å². The van der Waals surface area contributed by atoms with Crippen molar-refractivity contribution in [3.8, 4) is 0 Å². The molecule has 156 valence electrons. The van der Waals surface area contributed by atoms with Gasteiger partial charge in [-0.25, -0.2) is 4.98 Å². The van der Waals surface area contributed by atoms with E-state index in [-0.39, 0.29) is 6.61 Å². The zero-order chi connectivity index (χ0) is 20.2. The van der Waals surface area contributed by atoms with E-state index < -0.39 is 0 Å². The van der Waals surface area contributed by atoms with Gasteiger partial charge in [-0.3, -0.25) is 0 Å². The van der Waals surface area contributed by atoms with Crippen LogP contribution in [0.25, 0.3) is 16.5 Å². The van der Waals surface area contributed by atoms with Crippen molar-refractivity contribution in [1.29, 1.82) is 0 Å². The molecule has 0 radical (unpaired) electrons. The van der Waals surface area contributed by atoms with Gasteiger partial charge in [0, 0.05) is 35.7 Å². The number of hydrogen-bond donors (Lipinski definition) is 2. The molecule has 1 aromatic carbocycles. The second-order valence-corrected chi connectivity index (χ2v) is 9.09. The third-order valence-electron chi connectivity index (χ3n) is 6.54. The Bertz CT molecular complexity index is 882. The summed E-state index contributed by atoms with van der Waals surface area (Å²) in [6, 6.07) is 8.24. The third kappa shape index (κ3) is 4.93. The van der Waals surface area contributed by atoms with Crippen LogP contribution in [-0.4, -0.2) is 48.3 Å². The van der Waals surface area contributed by atoms with Crippen molar-refractivity contribution in [2.24, 2.45) is 11.8 Å². The standard InChI is InChI=1S/C24H32ClN3O/c1-28(11-12-29)16-19-8-4-7-18(19)15-26-23-14-22(17-5-2-3-6-17)27-24-13-20(25)9-10-21(23)24/h5,9-10,13-14,18-19,29H,2-4,6-8,11-12,15-16H2,1H3,(H,26,27). The molecule has 29 heavy (non-hydrogen) atoms. The zero-order valence-corrected chi connectivity index (χ0v) is 18.1. The first-order valence-corrected chi connectivity index (χ1v) is 11.3. The summed E-state index contributed by atoms with van der Waals surface area (Å²) in [5, 5.41) is 14.8. The number of halogens is 1. The number of benzene rings is 1. The fourth-order valence-electron chi connectivity index (χ4n) is 4.94. The monoisotopic (exact) mass is 413 g/mol. The first kappa shape index (κ1) is 20.6. The number of fused-ring (bicyclic) bond motifs is 1. The number of hydrogen-bond acceptors (Lipinski definition) is 4. The minimum absolute atomic E-state index is 0.232. The third-order valence-corrected chi connectivity index (χ3v) is 6.78. The molecule has 1 saturated carbocycles. The van der Waals surface area contributed by atoms with Crippen LogP contribution in [0.1, 0.15) is 44.2 Å². The fourth-order valence-corrected chi connectivity index (χ4v) is 5.11. The van der Waals surface area contributed by atoms with Crippen LogP contribution < -0.4 is 5.32 Å². The number of anilines is 1. The molecule has 2 atom stereocenters. The van der Waals surface area contributed by atoms with Gasteiger partial charge in [-0.15, -0.1) is 0 Å². The van der Waals surface area contributed by atoms with E-state index in [0.717, 1.165) is 54.1 Å². The summed E-state index contributed by atoms with van der Waals surface area (Å²) in [5.41, 5.74) is 4.59. The van der Waals surface area contributed by atoms with Crippen molar-refractivity contribution in [3.63, 3.8) is 0 Å². The van der Waals surface area contributed by atoms with Gasteiger partial charge in [-0.2, -0.15) is 0 Å². The summed E-state index contributed by atoms with van der Waals surface area (Å²) in [7, 11) is 2.11. The summed E-state index contributed by atoms with van der Waals surface area (Å²) >= 11 is 6.26. The second kappa shape index (κ2) is 9.46. The molecule has 0 bridgehead atoms. The average Bonchev–Trinajstić information content (AvgIpc) is 3.38. The number of nitrogens with zero attached hydrogens (tertiary/aromatic N) is 2. The molecule has 0 saturated heterocycles. The van der Waals surface area contributed by atoms with Crippen molar-refractivity contribution < 1.29 is 5.11 Å². The van der Waals surface area contributed by atoms with Crippen LogP contribution in [0.5, 0.6) is 0 Å². The van der Waals surface area contributed by atoms with Crippen LogP contribution in [0.4, 0.5) is 5.69 Å². The van der Waals surface area contributed by atoms with E-state index in [9.17, 15) is 5.11 Å². The van der Waals surface area contributed by atoms with Gasteiger partial charge >= 0.3 is 0 Å². The Morgan fingerprint density at radius 3 is 2.86 bits per heavy atom. The van der Waals surface area contributed by atoms with Gasteiger partial charge in [0.25, 0.3) is 0 Å². The molecule has 2 aromatic rings. The van der Waals surface area contributed by atoms with E-state index in [1.165, 1.54) is 36.9 Å². The molecule has 0 spiro atoms. The van der Waals surface area contributed by atoms with E-state index in [2.05, 4.69) is 35.5 Å². The molecule has 2 aliphatic rings. The fraction of sp³-hybridized carbons (Fsp3) is 0.542. The van der Waals surface area contributed by atoms with E-state index >= 15 is 0 Å². The minimum Gasteiger partial charge on any atom is -0.395 e. The molecule has 2 N–H and O–H groups in total. The number of rotatable bonds is 8. The largest absolute Gasteiger partial charge is 0.395 e. The van der Waals surface area contributed by atoms with Gasteiger partial charge in [-0.1, -0.05) is 24.1 Å². The molecule has 1 heterocycles. The highest BCUT2D eigenvalue weighted by Gasteiger charge is 2.28. The lowest BCUT2D eigenvalue weighted by Crippen LogP contribution is -2.32. The van der Waals surface area contributed by atoms with Crippen LogP contribution in [0.15, 0.2) is 30.3 Å². The highest BCUT2D eigenvalue weighted by atomic mass is 35.5. The predicted octanol–water partition coefficient (Wildman–Crippen LogP) is 5.21. The van der Waals surface area contributed by atoms with Gasteiger partial charge in [0.15, 0.2) is 0 Å². The van der Waals surface area contributed by atoms with E-state index in [1.807, 2.05) is 12.1 Å². The highest BCUT2D eigenvalue weighted by molar-refractivity contribution is 6.31. The molecule has 4 rings (SSSR count). The van der Waals surface area contributed by atoms with Crippen molar-refractivity contribution >= 4 is 33.8 Å². The molecule has 1 aromatic heterocycles. The van der Waals surface area contributed by atoms with E-state index in [4.69, 9.17) is 16.6 Å². The number of likely N-dealkylation sites (N-methyl/N-ethyl adjacent to an activating group) is 1. The predicted molar refractivity (Wildman–Crippen MR) is 122 cm³/mol. The molecule has 4 nitrogen and oxygen atoms in total. The number of aromatic nitrogens is 1. The number of aliphatic hydroxyl groups is 1. The van der Waals surface area contributed by atoms with Crippen molar-refractivity contribution in [2.45, 2.75) is 38.5 Å². The minimum atomic E-state index is 0.232. The Morgan fingerprint density at radius 2 is 2.07 bits per heavy atom. The molecule has 5 heteroatoms. The maximum Gasteiger partial charge on any atom is 0.0744 e. The lowest BCUT2D eigenvalue weighted by Gasteiger charge is -2.26. The van der Waals surface area contributed by atoms with Gasteiger partial charge < -0.3 is 15.3 Å². The molecule has 2 unspecified atom stereocenters. The van der Waals surface area contributed by atoms with Gasteiger partial charge in [0.05, 0.1) is 17.8 Å². The van der Waals surface area contributed by atoms with Gasteiger partial charge in [0.1, 0.15) is 0 Å². The Labute approximate surface area is 179 Å². The zero-order valence-electron chi connectivity index (χ0n) is 17.3. The quantitative estimate of drug-likeness (QED) is 0.623. The van der Waals surface area contributed by atoms with E-state index in [1.54, 1.807) is 0 Å². The van der Waals surface area contributed by atoms with Crippen LogP contribution >= 0.6 is 11.6 Å². The maximum absolute atomic E-state index is 9.19. The number of nitrogens with one attached hydrogen (secondary N) is 1. The number of aliphatic hydroxyl groups excluding tert-OH is 1. The summed E-state index contributed by atoms with van der Waals surface area (Å²) in [6.45, 7) is 3.04. The lowest BCUT2D eigenvalue weighted by molar-refractivity contribution is 0.190. The molecule has 2 aliphatic carbocycles. The number of allylic oxidation sites excluding steroid dienone is 2. The Kier molecular flexibility index (Phi) is 6.74. The molecule has 0 aliphatic heterocycles. The highest BCUT2D eigenvalue weighted by Crippen LogP contribution is 2.35. The molecule has 1 fully saturated rings. The molecular formula is C24H32ClN3O. The van der Waals surface area contributed by atoms with Crippen molar-refractivity contribution in [2.75, 3.05) is 38.6 Å². The summed E-state index contributed by atoms with van der Waals surface area (Å²) < 4.78 is 0. The van der Waals surface area contributed by atoms with Gasteiger partial charge in [0.2, 0.25) is 0 Å². The Hall–Kier alpha value is -1.62. The number of pyridine rings is 1. The lowest BCUT2D eigenvalue weighted by atomic mass is 9.95. The second-order valence-electron chi connectivity index (χ2n) is 8.66. The molecule has 0 amide bonds. The normalized spacial score (nSPS) is 21.9. The summed E-state index contributed by atoms with van der Waals surface area (Å²) in [4.78, 5) is 7.17. The first-order chi connectivity index (χ1) is 14.1. The van der Waals surface area contributed by atoms with E-state index in [0.29, 0.717) is 11.8 Å². The topological polar surface area (TPSA) is 48.4 Å². The smallest absolute Gasteiger partial charge is 0.0744 e. The Morgan fingerprint density at radius 1 is 1.21 bits per heavy atom. The van der Waals surface area contributed by atoms with Crippen molar-refractivity contribution in [3.05, 3.63) is 41.1 Å². The summed E-state index contributed by atoms with van der Waals surface area (Å²) in [5.74, 6) is 1.36. The molecular weight excluding hydrogens is 382 g/mol. The van der Waals surface area contributed by atoms with Crippen molar-refractivity contribution in [1.82, 2.24) is 9.88 Å². The SMILES string of the molecule is CN(CCO)CC1CCCC1CNc1cc(C2=CCCC2)nc2cc(Cl)ccc12. The van der Waals surface area contributed by atoms with Crippen LogP contribution in [0.3, 0.4) is 0 Å². The Balaban J connectivity index is 1.53.